The molecule has 0 saturated heterocycles. The van der Waals surface area contributed by atoms with Gasteiger partial charge in [0.05, 0.1) is 11.9 Å². The minimum Gasteiger partial charge on any atom is -0.384 e. The summed E-state index contributed by atoms with van der Waals surface area (Å²) >= 11 is 0. The zero-order valence-corrected chi connectivity index (χ0v) is 8.97. The second kappa shape index (κ2) is 5.07. The highest BCUT2D eigenvalue weighted by molar-refractivity contribution is 5.00. The van der Waals surface area contributed by atoms with Crippen LogP contribution < -0.4 is 5.73 Å². The van der Waals surface area contributed by atoms with Crippen molar-refractivity contribution in [3.05, 3.63) is 11.9 Å². The molecule has 0 aliphatic carbocycles. The summed E-state index contributed by atoms with van der Waals surface area (Å²) in [4.78, 5) is 0. The zero-order chi connectivity index (χ0) is 10.6. The van der Waals surface area contributed by atoms with Gasteiger partial charge < -0.3 is 10.5 Å². The van der Waals surface area contributed by atoms with Gasteiger partial charge in [-0.3, -0.25) is 4.68 Å². The molecular weight excluding hydrogens is 180 g/mol. The second-order valence-electron chi connectivity index (χ2n) is 3.69. The van der Waals surface area contributed by atoms with Crippen LogP contribution in [0.1, 0.15) is 25.1 Å². The standard InChI is InChI=1S/C9H18N4O/c1-7(6-14-3)4-8(10)9-5-11-12-13(9)2/h5,7-8H,4,6,10H2,1-3H3. The molecular formula is C9H18N4O. The van der Waals surface area contributed by atoms with Crippen LogP contribution in [0.2, 0.25) is 0 Å². The topological polar surface area (TPSA) is 66.0 Å². The van der Waals surface area contributed by atoms with E-state index in [9.17, 15) is 0 Å². The van der Waals surface area contributed by atoms with Crippen LogP contribution in [0.5, 0.6) is 0 Å². The molecule has 2 N–H and O–H groups in total. The molecule has 1 heterocycles. The maximum absolute atomic E-state index is 6.02. The summed E-state index contributed by atoms with van der Waals surface area (Å²) in [5, 5.41) is 7.64. The Balaban J connectivity index is 2.50. The Hall–Kier alpha value is -0.940. The molecule has 5 heteroatoms. The van der Waals surface area contributed by atoms with Gasteiger partial charge >= 0.3 is 0 Å². The predicted octanol–water partition coefficient (Wildman–Crippen LogP) is 0.487. The van der Waals surface area contributed by atoms with Crippen LogP contribution in [-0.4, -0.2) is 28.7 Å². The van der Waals surface area contributed by atoms with Crippen molar-refractivity contribution in [3.63, 3.8) is 0 Å². The zero-order valence-electron chi connectivity index (χ0n) is 8.97. The van der Waals surface area contributed by atoms with Crippen molar-refractivity contribution in [2.45, 2.75) is 19.4 Å². The van der Waals surface area contributed by atoms with E-state index in [-0.39, 0.29) is 6.04 Å². The van der Waals surface area contributed by atoms with E-state index in [1.54, 1.807) is 18.0 Å². The second-order valence-corrected chi connectivity index (χ2v) is 3.69. The first kappa shape index (κ1) is 11.1. The normalized spacial score (nSPS) is 15.4. The van der Waals surface area contributed by atoms with Gasteiger partial charge in [-0.15, -0.1) is 5.10 Å². The van der Waals surface area contributed by atoms with Crippen molar-refractivity contribution in [1.82, 2.24) is 15.0 Å². The highest BCUT2D eigenvalue weighted by Crippen LogP contribution is 2.17. The van der Waals surface area contributed by atoms with Crippen LogP contribution >= 0.6 is 0 Å². The maximum atomic E-state index is 6.02. The van der Waals surface area contributed by atoms with Crippen molar-refractivity contribution in [1.29, 1.82) is 0 Å². The summed E-state index contributed by atoms with van der Waals surface area (Å²) in [7, 11) is 3.55. The summed E-state index contributed by atoms with van der Waals surface area (Å²) in [5.74, 6) is 0.449. The Morgan fingerprint density at radius 3 is 2.86 bits per heavy atom. The summed E-state index contributed by atoms with van der Waals surface area (Å²) in [5.41, 5.74) is 6.98. The highest BCUT2D eigenvalue weighted by atomic mass is 16.5. The fourth-order valence-corrected chi connectivity index (χ4v) is 1.54. The molecule has 1 aromatic rings. The Morgan fingerprint density at radius 1 is 1.64 bits per heavy atom. The minimum atomic E-state index is -0.0138. The first-order valence-electron chi connectivity index (χ1n) is 4.74. The van der Waals surface area contributed by atoms with Gasteiger partial charge in [0, 0.05) is 26.8 Å². The van der Waals surface area contributed by atoms with Gasteiger partial charge in [-0.1, -0.05) is 12.1 Å². The lowest BCUT2D eigenvalue weighted by molar-refractivity contribution is 0.151. The van der Waals surface area contributed by atoms with E-state index in [0.29, 0.717) is 5.92 Å². The van der Waals surface area contributed by atoms with Gasteiger partial charge in [0.25, 0.3) is 0 Å². The third-order valence-corrected chi connectivity index (χ3v) is 2.24. The number of aryl methyl sites for hydroxylation is 1. The summed E-state index contributed by atoms with van der Waals surface area (Å²) in [6.07, 6.45) is 2.60. The number of nitrogens with two attached hydrogens (primary N) is 1. The molecule has 0 amide bonds. The van der Waals surface area contributed by atoms with Crippen molar-refractivity contribution in [2.75, 3.05) is 13.7 Å². The number of aromatic nitrogens is 3. The van der Waals surface area contributed by atoms with Crippen LogP contribution in [0.15, 0.2) is 6.20 Å². The molecule has 14 heavy (non-hydrogen) atoms. The minimum absolute atomic E-state index is 0.0138. The lowest BCUT2D eigenvalue weighted by atomic mass is 10.0. The molecule has 0 aliphatic rings. The quantitative estimate of drug-likeness (QED) is 0.747. The largest absolute Gasteiger partial charge is 0.384 e. The monoisotopic (exact) mass is 198 g/mol. The first-order chi connectivity index (χ1) is 6.65. The molecule has 1 rings (SSSR count). The molecule has 2 atom stereocenters. The van der Waals surface area contributed by atoms with Crippen molar-refractivity contribution >= 4 is 0 Å². The maximum Gasteiger partial charge on any atom is 0.0751 e. The molecule has 0 radical (unpaired) electrons. The fourth-order valence-electron chi connectivity index (χ4n) is 1.54. The number of nitrogens with zero attached hydrogens (tertiary/aromatic N) is 3. The average Bonchev–Trinajstić information content (AvgIpc) is 2.51. The van der Waals surface area contributed by atoms with Crippen LogP contribution in [0, 0.1) is 5.92 Å². The molecule has 2 unspecified atom stereocenters. The van der Waals surface area contributed by atoms with E-state index in [0.717, 1.165) is 18.7 Å². The van der Waals surface area contributed by atoms with Gasteiger partial charge in [-0.2, -0.15) is 0 Å². The number of methoxy groups -OCH3 is 1. The molecule has 0 saturated carbocycles. The third kappa shape index (κ3) is 2.78. The Kier molecular flexibility index (Phi) is 4.03. The summed E-state index contributed by atoms with van der Waals surface area (Å²) in [6, 6.07) is -0.0138. The van der Waals surface area contributed by atoms with Crippen LogP contribution in [-0.2, 0) is 11.8 Å². The Morgan fingerprint density at radius 2 is 2.36 bits per heavy atom. The molecule has 0 aliphatic heterocycles. The number of hydrogen-bond acceptors (Lipinski definition) is 4. The average molecular weight is 198 g/mol. The summed E-state index contributed by atoms with van der Waals surface area (Å²) < 4.78 is 6.77. The Labute approximate surface area is 84.2 Å². The molecule has 5 nitrogen and oxygen atoms in total. The van der Waals surface area contributed by atoms with Crippen molar-refractivity contribution in [2.24, 2.45) is 18.7 Å². The van der Waals surface area contributed by atoms with E-state index >= 15 is 0 Å². The van der Waals surface area contributed by atoms with Crippen LogP contribution in [0.3, 0.4) is 0 Å². The molecule has 0 bridgehead atoms. The van der Waals surface area contributed by atoms with E-state index in [2.05, 4.69) is 17.2 Å². The van der Waals surface area contributed by atoms with Gasteiger partial charge in [0.1, 0.15) is 0 Å². The predicted molar refractivity (Wildman–Crippen MR) is 53.6 cm³/mol. The van der Waals surface area contributed by atoms with Crippen LogP contribution in [0.25, 0.3) is 0 Å². The first-order valence-corrected chi connectivity index (χ1v) is 4.74. The van der Waals surface area contributed by atoms with Gasteiger partial charge in [0.2, 0.25) is 0 Å². The fraction of sp³-hybridized carbons (Fsp3) is 0.778. The van der Waals surface area contributed by atoms with E-state index in [1.165, 1.54) is 0 Å². The highest BCUT2D eigenvalue weighted by Gasteiger charge is 2.14. The number of hydrogen-bond donors (Lipinski definition) is 1. The lowest BCUT2D eigenvalue weighted by Gasteiger charge is -2.15. The molecule has 1 aromatic heterocycles. The van der Waals surface area contributed by atoms with E-state index in [4.69, 9.17) is 10.5 Å². The SMILES string of the molecule is COCC(C)CC(N)c1cnnn1C. The van der Waals surface area contributed by atoms with Crippen molar-refractivity contribution in [3.8, 4) is 0 Å². The molecule has 0 spiro atoms. The van der Waals surface area contributed by atoms with E-state index in [1.807, 2.05) is 7.05 Å². The van der Waals surface area contributed by atoms with Gasteiger partial charge in [-0.25, -0.2) is 0 Å². The van der Waals surface area contributed by atoms with Crippen LogP contribution in [0.4, 0.5) is 0 Å². The lowest BCUT2D eigenvalue weighted by Crippen LogP contribution is -2.19. The van der Waals surface area contributed by atoms with Gasteiger partial charge in [-0.05, 0) is 12.3 Å². The smallest absolute Gasteiger partial charge is 0.0751 e. The molecule has 80 valence electrons. The van der Waals surface area contributed by atoms with Crippen molar-refractivity contribution < 1.29 is 4.74 Å². The Bertz CT molecular complexity index is 274. The summed E-state index contributed by atoms with van der Waals surface area (Å²) in [6.45, 7) is 2.85. The van der Waals surface area contributed by atoms with E-state index < -0.39 is 0 Å². The third-order valence-electron chi connectivity index (χ3n) is 2.24. The molecule has 0 fully saturated rings. The number of ether oxygens (including phenoxy) is 1. The molecule has 0 aromatic carbocycles. The number of rotatable bonds is 5. The van der Waals surface area contributed by atoms with Gasteiger partial charge in [0.15, 0.2) is 0 Å².